The predicted octanol–water partition coefficient (Wildman–Crippen LogP) is 1.62. The molecule has 2 N–H and O–H groups in total. The zero-order valence-electron chi connectivity index (χ0n) is 6.67. The lowest BCUT2D eigenvalue weighted by molar-refractivity contribution is 0.0696. The van der Waals surface area contributed by atoms with Crippen molar-refractivity contribution in [2.75, 3.05) is 0 Å². The summed E-state index contributed by atoms with van der Waals surface area (Å²) in [6, 6.07) is 6.01. The number of hydrogen-bond donors (Lipinski definition) is 2. The summed E-state index contributed by atoms with van der Waals surface area (Å²) in [6.45, 7) is 0. The van der Waals surface area contributed by atoms with Crippen LogP contribution in [0, 0.1) is 0 Å². The molecule has 1 aromatic rings. The van der Waals surface area contributed by atoms with E-state index in [0.717, 1.165) is 0 Å². The van der Waals surface area contributed by atoms with Gasteiger partial charge in [0.05, 0.1) is 5.56 Å². The highest BCUT2D eigenvalue weighted by Gasteiger charge is 2.12. The number of rotatable bonds is 3. The molecule has 0 saturated carbocycles. The van der Waals surface area contributed by atoms with Gasteiger partial charge in [-0.25, -0.2) is 4.79 Å². The van der Waals surface area contributed by atoms with Gasteiger partial charge in [0.25, 0.3) is 0 Å². The first kappa shape index (κ1) is 9.84. The van der Waals surface area contributed by atoms with Crippen LogP contribution in [0.25, 0.3) is 0 Å². The van der Waals surface area contributed by atoms with Crippen LogP contribution in [0.2, 0.25) is 0 Å². The molecule has 0 aliphatic heterocycles. The SMILES string of the molecule is O=C(O)c1cccc(C[P+](=O)O)c1. The Kier molecular flexibility index (Phi) is 3.12. The Hall–Kier alpha value is -1.25. The molecule has 5 heteroatoms. The number of carboxylic acids is 1. The first-order chi connectivity index (χ1) is 6.09. The number of hydrogen-bond acceptors (Lipinski definition) is 2. The minimum atomic E-state index is -2.25. The zero-order valence-corrected chi connectivity index (χ0v) is 7.57. The Bertz CT molecular complexity index is 348. The van der Waals surface area contributed by atoms with Gasteiger partial charge in [-0.3, -0.25) is 0 Å². The summed E-state index contributed by atoms with van der Waals surface area (Å²) in [5.74, 6) is -1.03. The van der Waals surface area contributed by atoms with Crippen LogP contribution in [0.5, 0.6) is 0 Å². The molecule has 0 spiro atoms. The van der Waals surface area contributed by atoms with Crippen LogP contribution in [0.15, 0.2) is 24.3 Å². The van der Waals surface area contributed by atoms with E-state index < -0.39 is 14.0 Å². The van der Waals surface area contributed by atoms with E-state index in [1.807, 2.05) is 0 Å². The first-order valence-electron chi connectivity index (χ1n) is 3.55. The van der Waals surface area contributed by atoms with Crippen molar-refractivity contribution in [3.63, 3.8) is 0 Å². The molecule has 1 rings (SSSR count). The minimum absolute atomic E-state index is 0.00352. The summed E-state index contributed by atoms with van der Waals surface area (Å²) in [4.78, 5) is 19.1. The Labute approximate surface area is 75.7 Å². The third-order valence-electron chi connectivity index (χ3n) is 1.49. The molecule has 0 fully saturated rings. The molecule has 0 saturated heterocycles. The van der Waals surface area contributed by atoms with Crippen LogP contribution in [0.1, 0.15) is 15.9 Å². The number of aromatic carboxylic acids is 1. The van der Waals surface area contributed by atoms with E-state index in [9.17, 15) is 9.36 Å². The third-order valence-corrected chi connectivity index (χ3v) is 2.13. The summed E-state index contributed by atoms with van der Waals surface area (Å²) < 4.78 is 10.5. The van der Waals surface area contributed by atoms with E-state index in [-0.39, 0.29) is 11.7 Å². The van der Waals surface area contributed by atoms with E-state index in [0.29, 0.717) is 5.56 Å². The van der Waals surface area contributed by atoms with Gasteiger partial charge in [0.15, 0.2) is 0 Å². The average Bonchev–Trinajstić information content (AvgIpc) is 2.03. The van der Waals surface area contributed by atoms with Gasteiger partial charge in [0, 0.05) is 5.56 Å². The second kappa shape index (κ2) is 4.12. The second-order valence-electron chi connectivity index (χ2n) is 2.52. The van der Waals surface area contributed by atoms with Crippen LogP contribution in [-0.2, 0) is 10.7 Å². The Morgan fingerprint density at radius 3 is 2.69 bits per heavy atom. The van der Waals surface area contributed by atoms with Gasteiger partial charge in [0.2, 0.25) is 6.16 Å². The average molecular weight is 199 g/mol. The van der Waals surface area contributed by atoms with Gasteiger partial charge in [-0.2, -0.15) is 4.89 Å². The Morgan fingerprint density at radius 1 is 1.46 bits per heavy atom. The van der Waals surface area contributed by atoms with Gasteiger partial charge < -0.3 is 5.11 Å². The molecular weight excluding hydrogens is 191 g/mol. The zero-order chi connectivity index (χ0) is 9.84. The summed E-state index contributed by atoms with van der Waals surface area (Å²) in [5, 5.41) is 8.61. The fourth-order valence-electron chi connectivity index (χ4n) is 0.959. The smallest absolute Gasteiger partial charge is 0.478 e. The number of benzene rings is 1. The molecule has 0 radical (unpaired) electrons. The molecule has 0 aromatic heterocycles. The van der Waals surface area contributed by atoms with Gasteiger partial charge in [-0.15, -0.1) is 0 Å². The number of carbonyl (C=O) groups is 1. The van der Waals surface area contributed by atoms with E-state index in [1.54, 1.807) is 12.1 Å². The largest absolute Gasteiger partial charge is 0.510 e. The maximum absolute atomic E-state index is 10.5. The van der Waals surface area contributed by atoms with Crippen molar-refractivity contribution in [1.82, 2.24) is 0 Å². The normalized spacial score (nSPS) is 11.0. The lowest BCUT2D eigenvalue weighted by Gasteiger charge is -1.94. The van der Waals surface area contributed by atoms with E-state index in [1.165, 1.54) is 12.1 Å². The van der Waals surface area contributed by atoms with Gasteiger partial charge in [-0.05, 0) is 16.7 Å². The predicted molar refractivity (Wildman–Crippen MR) is 46.9 cm³/mol. The van der Waals surface area contributed by atoms with Crippen LogP contribution in [0.4, 0.5) is 0 Å². The first-order valence-corrected chi connectivity index (χ1v) is 4.95. The molecule has 4 nitrogen and oxygen atoms in total. The minimum Gasteiger partial charge on any atom is -0.478 e. The summed E-state index contributed by atoms with van der Waals surface area (Å²) in [5.41, 5.74) is 0.692. The maximum Gasteiger partial charge on any atom is 0.510 e. The van der Waals surface area contributed by atoms with Crippen LogP contribution in [0.3, 0.4) is 0 Å². The monoisotopic (exact) mass is 199 g/mol. The lowest BCUT2D eigenvalue weighted by Crippen LogP contribution is -1.96. The van der Waals surface area contributed by atoms with Crippen molar-refractivity contribution >= 4 is 14.0 Å². The van der Waals surface area contributed by atoms with E-state index in [4.69, 9.17) is 10.00 Å². The molecule has 0 amide bonds. The van der Waals surface area contributed by atoms with Crippen molar-refractivity contribution in [3.05, 3.63) is 35.4 Å². The lowest BCUT2D eigenvalue weighted by atomic mass is 10.1. The Balaban J connectivity index is 2.91. The number of carboxylic acid groups (broad SMARTS) is 1. The van der Waals surface area contributed by atoms with Crippen molar-refractivity contribution in [2.45, 2.75) is 6.16 Å². The van der Waals surface area contributed by atoms with Crippen molar-refractivity contribution in [3.8, 4) is 0 Å². The highest BCUT2D eigenvalue weighted by atomic mass is 31.1. The summed E-state index contributed by atoms with van der Waals surface area (Å²) >= 11 is 0. The third kappa shape index (κ3) is 2.93. The van der Waals surface area contributed by atoms with Gasteiger partial charge in [-0.1, -0.05) is 12.1 Å². The molecule has 0 bridgehead atoms. The molecule has 13 heavy (non-hydrogen) atoms. The van der Waals surface area contributed by atoms with Crippen molar-refractivity contribution in [2.24, 2.45) is 0 Å². The molecule has 0 heterocycles. The fourth-order valence-corrected chi connectivity index (χ4v) is 1.47. The van der Waals surface area contributed by atoms with Crippen LogP contribution in [-0.4, -0.2) is 16.0 Å². The molecule has 1 aromatic carbocycles. The highest BCUT2D eigenvalue weighted by Crippen LogP contribution is 2.21. The van der Waals surface area contributed by atoms with Gasteiger partial charge in [0.1, 0.15) is 0 Å². The van der Waals surface area contributed by atoms with Crippen LogP contribution >= 0.6 is 8.03 Å². The molecular formula is C8H8O4P+. The molecule has 1 unspecified atom stereocenters. The fraction of sp³-hybridized carbons (Fsp3) is 0.125. The molecule has 0 aliphatic carbocycles. The maximum atomic E-state index is 10.5. The topological polar surface area (TPSA) is 74.6 Å². The second-order valence-corrected chi connectivity index (χ2v) is 3.54. The van der Waals surface area contributed by atoms with Gasteiger partial charge >= 0.3 is 14.0 Å². The standard InChI is InChI=1S/C8H7O4P/c9-8(10)7-3-1-2-6(4-7)5-13(11)12/h1-4H,5H2,(H-,9,10,11,12)/p+1. The van der Waals surface area contributed by atoms with Crippen molar-refractivity contribution in [1.29, 1.82) is 0 Å². The van der Waals surface area contributed by atoms with Crippen LogP contribution < -0.4 is 0 Å². The molecule has 68 valence electrons. The summed E-state index contributed by atoms with van der Waals surface area (Å²) in [7, 11) is -2.25. The quantitative estimate of drug-likeness (QED) is 0.725. The Morgan fingerprint density at radius 2 is 2.15 bits per heavy atom. The molecule has 1 atom stereocenters. The van der Waals surface area contributed by atoms with E-state index in [2.05, 4.69) is 0 Å². The summed E-state index contributed by atoms with van der Waals surface area (Å²) in [6.07, 6.45) is -0.00352. The highest BCUT2D eigenvalue weighted by molar-refractivity contribution is 7.37. The van der Waals surface area contributed by atoms with Crippen molar-refractivity contribution < 1.29 is 19.4 Å². The van der Waals surface area contributed by atoms with E-state index >= 15 is 0 Å². The molecule has 0 aliphatic rings.